The van der Waals surface area contributed by atoms with Gasteiger partial charge < -0.3 is 19.7 Å². The van der Waals surface area contributed by atoms with E-state index >= 15 is 0 Å². The van der Waals surface area contributed by atoms with Crippen LogP contribution in [0.15, 0.2) is 48.2 Å². The summed E-state index contributed by atoms with van der Waals surface area (Å²) in [6.07, 6.45) is 6.54. The smallest absolute Gasteiger partial charge is 0.295 e. The van der Waals surface area contributed by atoms with Gasteiger partial charge in [-0.15, -0.1) is 0 Å². The molecule has 176 valence electrons. The Labute approximate surface area is 207 Å². The molecule has 0 spiro atoms. The predicted octanol–water partition coefficient (Wildman–Crippen LogP) is 6.24. The van der Waals surface area contributed by atoms with E-state index in [1.54, 1.807) is 4.90 Å². The third-order valence-electron chi connectivity index (χ3n) is 6.83. The Balaban J connectivity index is 1.77. The van der Waals surface area contributed by atoms with Gasteiger partial charge in [0.2, 0.25) is 0 Å². The topological polar surface area (TPSA) is 82.6 Å². The molecule has 3 aromatic rings. The van der Waals surface area contributed by atoms with Gasteiger partial charge in [-0.3, -0.25) is 9.59 Å². The number of likely N-dealkylation sites (tertiary alicyclic amines) is 1. The Hall–Kier alpha value is -2.96. The van der Waals surface area contributed by atoms with Crippen LogP contribution in [0, 0.1) is 0 Å². The number of Topliss-reactive ketones (excluding diaryl/α,β-unsaturated/α-hetero) is 1. The Morgan fingerprint density at radius 1 is 1.12 bits per heavy atom. The maximum absolute atomic E-state index is 13.5. The third-order valence-corrected chi connectivity index (χ3v) is 7.33. The molecule has 1 aromatic heterocycles. The number of nitrogens with one attached hydrogen (secondary N) is 1. The molecule has 0 radical (unpaired) electrons. The standard InChI is InChI=1S/C26H24Cl2N2O4/c1-34-25-17(11-14(27)12-19(25)28)23(31)21-22(18-13-29-20-10-6-5-9-16(18)20)30(26(33)24(21)32)15-7-3-2-4-8-15/h5-6,9-13,15,22,29,31H,2-4,7-8H2,1H3/b23-21+. The van der Waals surface area contributed by atoms with E-state index in [0.29, 0.717) is 0 Å². The highest BCUT2D eigenvalue weighted by atomic mass is 35.5. The number of aromatic nitrogens is 1. The molecule has 6 nitrogen and oxygen atoms in total. The molecule has 1 amide bonds. The fourth-order valence-electron chi connectivity index (χ4n) is 5.30. The second kappa shape index (κ2) is 9.01. The molecule has 0 bridgehead atoms. The first-order valence-electron chi connectivity index (χ1n) is 11.3. The molecule has 1 atom stereocenters. The highest BCUT2D eigenvalue weighted by Gasteiger charge is 2.49. The van der Waals surface area contributed by atoms with Crippen LogP contribution in [-0.2, 0) is 9.59 Å². The summed E-state index contributed by atoms with van der Waals surface area (Å²) in [5.41, 5.74) is 1.83. The van der Waals surface area contributed by atoms with Crippen molar-refractivity contribution in [2.45, 2.75) is 44.2 Å². The van der Waals surface area contributed by atoms with Crippen molar-refractivity contribution in [2.75, 3.05) is 7.11 Å². The van der Waals surface area contributed by atoms with Crippen molar-refractivity contribution in [1.82, 2.24) is 9.88 Å². The van der Waals surface area contributed by atoms with Gasteiger partial charge >= 0.3 is 0 Å². The van der Waals surface area contributed by atoms with Crippen molar-refractivity contribution < 1.29 is 19.4 Å². The van der Waals surface area contributed by atoms with Crippen molar-refractivity contribution in [3.63, 3.8) is 0 Å². The summed E-state index contributed by atoms with van der Waals surface area (Å²) < 4.78 is 5.41. The van der Waals surface area contributed by atoms with Crippen molar-refractivity contribution in [2.24, 2.45) is 0 Å². The van der Waals surface area contributed by atoms with E-state index in [9.17, 15) is 14.7 Å². The Bertz CT molecular complexity index is 1320. The number of aliphatic hydroxyl groups excluding tert-OH is 1. The zero-order valence-electron chi connectivity index (χ0n) is 18.6. The van der Waals surface area contributed by atoms with Crippen LogP contribution in [0.4, 0.5) is 0 Å². The maximum Gasteiger partial charge on any atom is 0.295 e. The quantitative estimate of drug-likeness (QED) is 0.253. The molecular weight excluding hydrogens is 475 g/mol. The molecule has 1 aliphatic carbocycles. The number of methoxy groups -OCH3 is 1. The number of amides is 1. The van der Waals surface area contributed by atoms with Crippen LogP contribution >= 0.6 is 23.2 Å². The number of fused-ring (bicyclic) bond motifs is 1. The average molecular weight is 499 g/mol. The van der Waals surface area contributed by atoms with Crippen LogP contribution in [0.2, 0.25) is 10.0 Å². The number of ether oxygens (including phenoxy) is 1. The number of carbonyl (C=O) groups excluding carboxylic acids is 2. The second-order valence-corrected chi connectivity index (χ2v) is 9.60. The lowest BCUT2D eigenvalue weighted by Gasteiger charge is -2.35. The van der Waals surface area contributed by atoms with Gasteiger partial charge in [-0.05, 0) is 31.0 Å². The number of H-pyrrole nitrogens is 1. The molecule has 1 saturated heterocycles. The van der Waals surface area contributed by atoms with E-state index in [0.717, 1.165) is 48.6 Å². The van der Waals surface area contributed by atoms with Crippen LogP contribution in [0.1, 0.15) is 49.3 Å². The van der Waals surface area contributed by atoms with Crippen LogP contribution in [-0.4, -0.2) is 39.8 Å². The monoisotopic (exact) mass is 498 g/mol. The zero-order chi connectivity index (χ0) is 24.0. The number of para-hydroxylation sites is 1. The molecule has 34 heavy (non-hydrogen) atoms. The van der Waals surface area contributed by atoms with Gasteiger partial charge in [0.1, 0.15) is 11.5 Å². The fraction of sp³-hybridized carbons (Fsp3) is 0.308. The predicted molar refractivity (Wildman–Crippen MR) is 132 cm³/mol. The number of hydrogen-bond acceptors (Lipinski definition) is 4. The largest absolute Gasteiger partial charge is 0.507 e. The van der Waals surface area contributed by atoms with Gasteiger partial charge in [0.05, 0.1) is 29.3 Å². The van der Waals surface area contributed by atoms with E-state index < -0.39 is 17.7 Å². The number of hydrogen-bond donors (Lipinski definition) is 2. The van der Waals surface area contributed by atoms with E-state index in [4.69, 9.17) is 27.9 Å². The second-order valence-electron chi connectivity index (χ2n) is 8.76. The molecule has 8 heteroatoms. The Morgan fingerprint density at radius 3 is 2.59 bits per heavy atom. The molecule has 5 rings (SSSR count). The molecule has 1 aliphatic heterocycles. The van der Waals surface area contributed by atoms with E-state index in [2.05, 4.69) is 4.98 Å². The summed E-state index contributed by atoms with van der Waals surface area (Å²) in [6, 6.07) is 9.86. The van der Waals surface area contributed by atoms with Gasteiger partial charge in [-0.1, -0.05) is 60.7 Å². The first-order valence-corrected chi connectivity index (χ1v) is 12.1. The SMILES string of the molecule is COc1c(Cl)cc(Cl)cc1/C(O)=C1\C(=O)C(=O)N(C2CCCCC2)C1c1c[nH]c2ccccc12. The van der Waals surface area contributed by atoms with Gasteiger partial charge in [-0.25, -0.2) is 0 Å². The van der Waals surface area contributed by atoms with Crippen molar-refractivity contribution in [3.8, 4) is 5.75 Å². The lowest BCUT2D eigenvalue weighted by molar-refractivity contribution is -0.141. The van der Waals surface area contributed by atoms with Crippen LogP contribution in [0.3, 0.4) is 0 Å². The van der Waals surface area contributed by atoms with Crippen LogP contribution in [0.25, 0.3) is 16.7 Å². The molecule has 2 N–H and O–H groups in total. The number of rotatable bonds is 4. The first-order chi connectivity index (χ1) is 16.4. The minimum atomic E-state index is -0.748. The number of aliphatic hydroxyl groups is 1. The fourth-order valence-corrected chi connectivity index (χ4v) is 5.87. The van der Waals surface area contributed by atoms with Gasteiger partial charge in [0, 0.05) is 33.7 Å². The summed E-state index contributed by atoms with van der Waals surface area (Å²) in [7, 11) is 1.42. The Kier molecular flexibility index (Phi) is 6.04. The molecule has 1 saturated carbocycles. The van der Waals surface area contributed by atoms with Crippen molar-refractivity contribution in [3.05, 3.63) is 69.3 Å². The number of halogens is 2. The van der Waals surface area contributed by atoms with Gasteiger partial charge in [0.25, 0.3) is 11.7 Å². The number of ketones is 1. The zero-order valence-corrected chi connectivity index (χ0v) is 20.1. The minimum absolute atomic E-state index is 0.0111. The maximum atomic E-state index is 13.5. The summed E-state index contributed by atoms with van der Waals surface area (Å²) in [5, 5.41) is 12.9. The average Bonchev–Trinajstić information content (AvgIpc) is 3.37. The molecule has 2 fully saturated rings. The number of aromatic amines is 1. The third kappa shape index (κ3) is 3.65. The molecule has 2 aliphatic rings. The molecule has 1 unspecified atom stereocenters. The van der Waals surface area contributed by atoms with Crippen LogP contribution in [0.5, 0.6) is 5.75 Å². The highest BCUT2D eigenvalue weighted by molar-refractivity contribution is 6.47. The summed E-state index contributed by atoms with van der Waals surface area (Å²) >= 11 is 12.5. The van der Waals surface area contributed by atoms with Crippen molar-refractivity contribution >= 4 is 51.6 Å². The van der Waals surface area contributed by atoms with E-state index in [1.807, 2.05) is 30.5 Å². The van der Waals surface area contributed by atoms with Crippen LogP contribution < -0.4 is 4.74 Å². The first kappa shape index (κ1) is 22.8. The Morgan fingerprint density at radius 2 is 1.85 bits per heavy atom. The van der Waals surface area contributed by atoms with Gasteiger partial charge in [0.15, 0.2) is 0 Å². The molecular formula is C26H24Cl2N2O4. The number of benzene rings is 2. The van der Waals surface area contributed by atoms with E-state index in [-0.39, 0.29) is 38.7 Å². The summed E-state index contributed by atoms with van der Waals surface area (Å²) in [6.45, 7) is 0. The summed E-state index contributed by atoms with van der Waals surface area (Å²) in [5.74, 6) is -1.49. The number of carbonyl (C=O) groups is 2. The minimum Gasteiger partial charge on any atom is -0.507 e. The van der Waals surface area contributed by atoms with Gasteiger partial charge in [-0.2, -0.15) is 0 Å². The molecule has 2 heterocycles. The highest BCUT2D eigenvalue weighted by Crippen LogP contribution is 2.46. The number of nitrogens with zero attached hydrogens (tertiary/aromatic N) is 1. The normalized spacial score (nSPS) is 20.9. The van der Waals surface area contributed by atoms with Crippen molar-refractivity contribution in [1.29, 1.82) is 0 Å². The molecule has 2 aromatic carbocycles. The van der Waals surface area contributed by atoms with E-state index in [1.165, 1.54) is 19.2 Å². The lowest BCUT2D eigenvalue weighted by atomic mass is 9.90. The lowest BCUT2D eigenvalue weighted by Crippen LogP contribution is -2.40. The summed E-state index contributed by atoms with van der Waals surface area (Å²) in [4.78, 5) is 31.8.